The van der Waals surface area contributed by atoms with Gasteiger partial charge in [-0.15, -0.1) is 24.0 Å². The molecular weight excluding hydrogens is 531 g/mol. The first-order valence-corrected chi connectivity index (χ1v) is 12.0. The molecule has 33 heavy (non-hydrogen) atoms. The van der Waals surface area contributed by atoms with Gasteiger partial charge in [0.15, 0.2) is 5.96 Å². The monoisotopic (exact) mass is 574 g/mol. The second-order valence-electron chi connectivity index (χ2n) is 8.81. The van der Waals surface area contributed by atoms with Crippen LogP contribution in [0.3, 0.4) is 0 Å². The van der Waals surface area contributed by atoms with E-state index in [9.17, 15) is 4.79 Å². The van der Waals surface area contributed by atoms with Gasteiger partial charge in [-0.25, -0.2) is 4.99 Å². The fourth-order valence-corrected chi connectivity index (χ4v) is 3.95. The maximum atomic E-state index is 12.8. The molecule has 1 aliphatic rings. The normalized spacial score (nSPS) is 19.7. The summed E-state index contributed by atoms with van der Waals surface area (Å²) in [6.45, 7) is 16.6. The molecular formula is C25H43IN4O3. The van der Waals surface area contributed by atoms with Gasteiger partial charge in [0.1, 0.15) is 0 Å². The van der Waals surface area contributed by atoms with Gasteiger partial charge in [0, 0.05) is 38.3 Å². The van der Waals surface area contributed by atoms with Gasteiger partial charge in [0.25, 0.3) is 5.91 Å². The predicted molar refractivity (Wildman–Crippen MR) is 145 cm³/mol. The van der Waals surface area contributed by atoms with E-state index in [1.165, 1.54) is 0 Å². The van der Waals surface area contributed by atoms with E-state index < -0.39 is 0 Å². The molecule has 2 N–H and O–H groups in total. The maximum Gasteiger partial charge on any atom is 0.254 e. The minimum absolute atomic E-state index is 0. The van der Waals surface area contributed by atoms with Crippen LogP contribution in [-0.2, 0) is 16.0 Å². The minimum atomic E-state index is 0. The van der Waals surface area contributed by atoms with Crippen molar-refractivity contribution in [2.24, 2.45) is 10.9 Å². The Labute approximate surface area is 217 Å². The van der Waals surface area contributed by atoms with Gasteiger partial charge in [0.2, 0.25) is 0 Å². The molecule has 0 spiro atoms. The Hall–Kier alpha value is -1.39. The lowest BCUT2D eigenvalue weighted by molar-refractivity contribution is -0.0586. The average Bonchev–Trinajstić information content (AvgIpc) is 2.76. The number of nitrogens with one attached hydrogen (secondary N) is 2. The lowest BCUT2D eigenvalue weighted by atomic mass is 10.0. The van der Waals surface area contributed by atoms with Crippen LogP contribution in [0.1, 0.15) is 63.9 Å². The Kier molecular flexibility index (Phi) is 13.9. The van der Waals surface area contributed by atoms with E-state index in [2.05, 4.69) is 31.4 Å². The molecule has 0 radical (unpaired) electrons. The summed E-state index contributed by atoms with van der Waals surface area (Å²) in [5.74, 6) is 1.34. The third-order valence-electron chi connectivity index (χ3n) is 5.52. The SMILES string of the molecule is CCNC(=NCc1ccc(C(=O)N2CC(C)OC(C)C2)cc1)NCCC(OCC)C(C)C.I. The van der Waals surface area contributed by atoms with Crippen molar-refractivity contribution in [2.45, 2.75) is 72.8 Å². The van der Waals surface area contributed by atoms with Gasteiger partial charge >= 0.3 is 0 Å². The van der Waals surface area contributed by atoms with Crippen molar-refractivity contribution in [3.8, 4) is 0 Å². The Morgan fingerprint density at radius 2 is 1.79 bits per heavy atom. The minimum Gasteiger partial charge on any atom is -0.378 e. The van der Waals surface area contributed by atoms with E-state index in [1.807, 2.05) is 49.9 Å². The molecule has 3 atom stereocenters. The van der Waals surface area contributed by atoms with E-state index in [4.69, 9.17) is 14.5 Å². The van der Waals surface area contributed by atoms with Gasteiger partial charge < -0.3 is 25.0 Å². The number of rotatable bonds is 10. The number of aliphatic imine (C=N–C) groups is 1. The summed E-state index contributed by atoms with van der Waals surface area (Å²) in [5.41, 5.74) is 1.77. The molecule has 1 heterocycles. The molecule has 1 aromatic carbocycles. The summed E-state index contributed by atoms with van der Waals surface area (Å²) in [4.78, 5) is 19.4. The highest BCUT2D eigenvalue weighted by Gasteiger charge is 2.26. The molecule has 3 unspecified atom stereocenters. The van der Waals surface area contributed by atoms with Crippen LogP contribution in [0.2, 0.25) is 0 Å². The zero-order valence-corrected chi connectivity index (χ0v) is 23.4. The van der Waals surface area contributed by atoms with Crippen LogP contribution in [-0.4, -0.2) is 67.9 Å². The van der Waals surface area contributed by atoms with Gasteiger partial charge in [-0.05, 0) is 57.7 Å². The van der Waals surface area contributed by atoms with Crippen molar-refractivity contribution in [3.63, 3.8) is 0 Å². The third-order valence-corrected chi connectivity index (χ3v) is 5.52. The molecule has 7 nitrogen and oxygen atoms in total. The lowest BCUT2D eigenvalue weighted by Gasteiger charge is -2.35. The summed E-state index contributed by atoms with van der Waals surface area (Å²) in [6.07, 6.45) is 1.32. The van der Waals surface area contributed by atoms with Crippen LogP contribution >= 0.6 is 24.0 Å². The second-order valence-corrected chi connectivity index (χ2v) is 8.81. The molecule has 188 valence electrons. The molecule has 0 bridgehead atoms. The van der Waals surface area contributed by atoms with E-state index >= 15 is 0 Å². The second kappa shape index (κ2) is 15.5. The van der Waals surface area contributed by atoms with E-state index in [-0.39, 0.29) is 48.2 Å². The number of nitrogens with zero attached hydrogens (tertiary/aromatic N) is 2. The molecule has 1 fully saturated rings. The first-order chi connectivity index (χ1) is 15.3. The number of guanidine groups is 1. The molecule has 2 rings (SSSR count). The number of carbonyl (C=O) groups is 1. The molecule has 0 saturated carbocycles. The number of morpholine rings is 1. The Morgan fingerprint density at radius 1 is 1.15 bits per heavy atom. The van der Waals surface area contributed by atoms with Crippen LogP contribution in [0.5, 0.6) is 0 Å². The number of halogens is 1. The highest BCUT2D eigenvalue weighted by Crippen LogP contribution is 2.15. The summed E-state index contributed by atoms with van der Waals surface area (Å²) < 4.78 is 11.6. The van der Waals surface area contributed by atoms with Crippen LogP contribution in [0.4, 0.5) is 0 Å². The lowest BCUT2D eigenvalue weighted by Crippen LogP contribution is -2.48. The van der Waals surface area contributed by atoms with Gasteiger partial charge in [-0.1, -0.05) is 26.0 Å². The summed E-state index contributed by atoms with van der Waals surface area (Å²) >= 11 is 0. The zero-order chi connectivity index (χ0) is 23.5. The Morgan fingerprint density at radius 3 is 2.33 bits per heavy atom. The van der Waals surface area contributed by atoms with Gasteiger partial charge in [-0.2, -0.15) is 0 Å². The molecule has 1 amide bonds. The summed E-state index contributed by atoms with van der Waals surface area (Å²) in [5, 5.41) is 6.70. The van der Waals surface area contributed by atoms with E-state index in [0.717, 1.165) is 37.6 Å². The smallest absolute Gasteiger partial charge is 0.254 e. The molecule has 1 saturated heterocycles. The number of hydrogen-bond acceptors (Lipinski definition) is 4. The van der Waals surface area contributed by atoms with Crippen LogP contribution in [0, 0.1) is 5.92 Å². The summed E-state index contributed by atoms with van der Waals surface area (Å²) in [6, 6.07) is 7.76. The van der Waals surface area contributed by atoms with Crippen molar-refractivity contribution >= 4 is 35.8 Å². The van der Waals surface area contributed by atoms with Crippen molar-refractivity contribution in [1.82, 2.24) is 15.5 Å². The standard InChI is InChI=1S/C25H42N4O3.HI/c1-7-26-25(27-14-13-23(18(3)4)31-8-2)28-15-21-9-11-22(12-10-21)24(30)29-16-19(5)32-20(6)17-29;/h9-12,18-20,23H,7-8,13-17H2,1-6H3,(H2,26,27,28);1H. The number of ether oxygens (including phenoxy) is 2. The van der Waals surface area contributed by atoms with Crippen LogP contribution < -0.4 is 10.6 Å². The zero-order valence-electron chi connectivity index (χ0n) is 21.1. The molecule has 0 aliphatic carbocycles. The number of amides is 1. The van der Waals surface area contributed by atoms with Crippen molar-refractivity contribution in [3.05, 3.63) is 35.4 Å². The fourth-order valence-electron chi connectivity index (χ4n) is 3.95. The first-order valence-electron chi connectivity index (χ1n) is 12.0. The highest BCUT2D eigenvalue weighted by atomic mass is 127. The Bertz CT molecular complexity index is 717. The van der Waals surface area contributed by atoms with E-state index in [1.54, 1.807) is 0 Å². The van der Waals surface area contributed by atoms with Crippen molar-refractivity contribution in [1.29, 1.82) is 0 Å². The van der Waals surface area contributed by atoms with Crippen LogP contribution in [0.15, 0.2) is 29.3 Å². The van der Waals surface area contributed by atoms with Crippen molar-refractivity contribution < 1.29 is 14.3 Å². The van der Waals surface area contributed by atoms with E-state index in [0.29, 0.717) is 31.1 Å². The topological polar surface area (TPSA) is 75.2 Å². The average molecular weight is 575 g/mol. The number of hydrogen-bond donors (Lipinski definition) is 2. The quantitative estimate of drug-likeness (QED) is 0.251. The first kappa shape index (κ1) is 29.6. The van der Waals surface area contributed by atoms with Gasteiger partial charge in [0.05, 0.1) is 24.9 Å². The maximum absolute atomic E-state index is 12.8. The highest BCUT2D eigenvalue weighted by molar-refractivity contribution is 14.0. The Balaban J connectivity index is 0.00000544. The predicted octanol–water partition coefficient (Wildman–Crippen LogP) is 4.06. The fraction of sp³-hybridized carbons (Fsp3) is 0.680. The van der Waals surface area contributed by atoms with Gasteiger partial charge in [-0.3, -0.25) is 4.79 Å². The summed E-state index contributed by atoms with van der Waals surface area (Å²) in [7, 11) is 0. The molecule has 1 aromatic rings. The molecule has 0 aromatic heterocycles. The largest absolute Gasteiger partial charge is 0.378 e. The molecule has 8 heteroatoms. The number of carbonyl (C=O) groups excluding carboxylic acids is 1. The molecule has 1 aliphatic heterocycles. The number of benzene rings is 1. The third kappa shape index (κ3) is 10.2. The van der Waals surface area contributed by atoms with Crippen LogP contribution in [0.25, 0.3) is 0 Å². The van der Waals surface area contributed by atoms with Crippen molar-refractivity contribution in [2.75, 3.05) is 32.8 Å².